The molecule has 15 heavy (non-hydrogen) atoms. The van der Waals surface area contributed by atoms with Gasteiger partial charge in [-0.15, -0.1) is 11.8 Å². The average molecular weight is 225 g/mol. The van der Waals surface area contributed by atoms with Gasteiger partial charge in [0, 0.05) is 17.7 Å². The van der Waals surface area contributed by atoms with Crippen molar-refractivity contribution in [3.05, 3.63) is 39.9 Å². The zero-order valence-corrected chi connectivity index (χ0v) is 8.40. The van der Waals surface area contributed by atoms with Crippen molar-refractivity contribution in [3.8, 4) is 0 Å². The Morgan fingerprint density at radius 2 is 2.07 bits per heavy atom. The molecule has 0 radical (unpaired) electrons. The SMILES string of the molecule is O=C1CS[C@@H](c2ccc([N+](=O)[O-])cc2)O1. The van der Waals surface area contributed by atoms with E-state index < -0.39 is 4.92 Å². The van der Waals surface area contributed by atoms with E-state index in [2.05, 4.69) is 0 Å². The number of cyclic esters (lactones) is 1. The molecule has 1 heterocycles. The van der Waals surface area contributed by atoms with E-state index in [1.165, 1.54) is 23.9 Å². The predicted octanol–water partition coefficient (Wildman–Crippen LogP) is 1.88. The first-order valence-electron chi connectivity index (χ1n) is 4.22. The molecule has 1 fully saturated rings. The Bertz CT molecular complexity index is 403. The summed E-state index contributed by atoms with van der Waals surface area (Å²) in [6.45, 7) is 0. The fourth-order valence-electron chi connectivity index (χ4n) is 1.25. The van der Waals surface area contributed by atoms with Gasteiger partial charge in [0.25, 0.3) is 5.69 Å². The molecule has 1 saturated heterocycles. The van der Waals surface area contributed by atoms with E-state index >= 15 is 0 Å². The first-order chi connectivity index (χ1) is 7.16. The average Bonchev–Trinajstić information content (AvgIpc) is 2.65. The molecule has 0 amide bonds. The summed E-state index contributed by atoms with van der Waals surface area (Å²) in [5.74, 6) is 0.0881. The van der Waals surface area contributed by atoms with E-state index in [-0.39, 0.29) is 17.1 Å². The largest absolute Gasteiger partial charge is 0.446 e. The fourth-order valence-corrected chi connectivity index (χ4v) is 2.13. The van der Waals surface area contributed by atoms with Crippen LogP contribution in [0.4, 0.5) is 5.69 Å². The van der Waals surface area contributed by atoms with Gasteiger partial charge in [-0.1, -0.05) is 0 Å². The second-order valence-electron chi connectivity index (χ2n) is 2.98. The van der Waals surface area contributed by atoms with Gasteiger partial charge in [-0.05, 0) is 12.1 Å². The molecular formula is C9H7NO4S. The Morgan fingerprint density at radius 1 is 1.40 bits per heavy atom. The topological polar surface area (TPSA) is 69.4 Å². The number of hydrogen-bond acceptors (Lipinski definition) is 5. The van der Waals surface area contributed by atoms with Crippen molar-refractivity contribution in [2.45, 2.75) is 5.44 Å². The normalized spacial score (nSPS) is 20.0. The highest BCUT2D eigenvalue weighted by Gasteiger charge is 2.25. The quantitative estimate of drug-likeness (QED) is 0.436. The molecule has 0 bridgehead atoms. The van der Waals surface area contributed by atoms with E-state index in [0.29, 0.717) is 5.75 Å². The van der Waals surface area contributed by atoms with Crippen LogP contribution >= 0.6 is 11.8 Å². The minimum absolute atomic E-state index is 0.0353. The number of nitro benzene ring substituents is 1. The van der Waals surface area contributed by atoms with Crippen molar-refractivity contribution >= 4 is 23.4 Å². The van der Waals surface area contributed by atoms with E-state index in [1.807, 2.05) is 0 Å². The number of thioether (sulfide) groups is 1. The summed E-state index contributed by atoms with van der Waals surface area (Å²) >= 11 is 1.38. The van der Waals surface area contributed by atoms with E-state index in [9.17, 15) is 14.9 Å². The molecule has 1 atom stereocenters. The van der Waals surface area contributed by atoms with Crippen LogP contribution < -0.4 is 0 Å². The third-order valence-electron chi connectivity index (χ3n) is 1.97. The van der Waals surface area contributed by atoms with Crippen LogP contribution in [-0.2, 0) is 9.53 Å². The molecule has 78 valence electrons. The Kier molecular flexibility index (Phi) is 2.59. The zero-order chi connectivity index (χ0) is 10.8. The number of carbonyl (C=O) groups is 1. The van der Waals surface area contributed by atoms with Crippen molar-refractivity contribution in [1.82, 2.24) is 0 Å². The molecule has 1 aromatic carbocycles. The highest BCUT2D eigenvalue weighted by molar-refractivity contribution is 8.00. The molecule has 5 nitrogen and oxygen atoms in total. The maximum atomic E-state index is 10.9. The zero-order valence-electron chi connectivity index (χ0n) is 7.58. The van der Waals surface area contributed by atoms with Gasteiger partial charge in [0.1, 0.15) is 0 Å². The molecular weight excluding hydrogens is 218 g/mol. The third kappa shape index (κ3) is 2.10. The number of ether oxygens (including phenoxy) is 1. The lowest BCUT2D eigenvalue weighted by atomic mass is 10.2. The van der Waals surface area contributed by atoms with Gasteiger partial charge in [0.2, 0.25) is 0 Å². The van der Waals surface area contributed by atoms with E-state index in [0.717, 1.165) is 5.56 Å². The Balaban J connectivity index is 2.17. The molecule has 1 aromatic rings. The maximum absolute atomic E-state index is 10.9. The molecule has 6 heteroatoms. The minimum Gasteiger partial charge on any atom is -0.446 e. The van der Waals surface area contributed by atoms with Crippen LogP contribution in [0.1, 0.15) is 11.0 Å². The Labute approximate surface area is 89.6 Å². The van der Waals surface area contributed by atoms with Crippen molar-refractivity contribution in [2.75, 3.05) is 5.75 Å². The molecule has 0 aliphatic carbocycles. The Morgan fingerprint density at radius 3 is 2.53 bits per heavy atom. The molecule has 0 N–H and O–H groups in total. The second kappa shape index (κ2) is 3.90. The molecule has 0 unspecified atom stereocenters. The second-order valence-corrected chi connectivity index (χ2v) is 4.03. The van der Waals surface area contributed by atoms with Crippen LogP contribution in [0, 0.1) is 10.1 Å². The predicted molar refractivity (Wildman–Crippen MR) is 54.4 cm³/mol. The molecule has 0 saturated carbocycles. The first kappa shape index (κ1) is 9.97. The number of non-ortho nitro benzene ring substituents is 1. The van der Waals surface area contributed by atoms with Crippen LogP contribution in [-0.4, -0.2) is 16.6 Å². The van der Waals surface area contributed by atoms with Crippen LogP contribution in [0.3, 0.4) is 0 Å². The maximum Gasteiger partial charge on any atom is 0.317 e. The number of rotatable bonds is 2. The number of benzene rings is 1. The summed E-state index contributed by atoms with van der Waals surface area (Å²) in [4.78, 5) is 20.8. The number of hydrogen-bond donors (Lipinski definition) is 0. The van der Waals surface area contributed by atoms with Crippen LogP contribution in [0.5, 0.6) is 0 Å². The van der Waals surface area contributed by atoms with Crippen LogP contribution in [0.25, 0.3) is 0 Å². The lowest BCUT2D eigenvalue weighted by Gasteiger charge is -2.07. The standard InChI is InChI=1S/C9H7NO4S/c11-8-5-15-9(14-8)6-1-3-7(4-2-6)10(12)13/h1-4,9H,5H2/t9-/m0/s1. The number of carbonyl (C=O) groups excluding carboxylic acids is 1. The van der Waals surface area contributed by atoms with Crippen LogP contribution in [0.15, 0.2) is 24.3 Å². The summed E-state index contributed by atoms with van der Waals surface area (Å²) in [6, 6.07) is 6.02. The lowest BCUT2D eigenvalue weighted by molar-refractivity contribution is -0.384. The third-order valence-corrected chi connectivity index (χ3v) is 3.04. The summed E-state index contributed by atoms with van der Waals surface area (Å²) in [5.41, 5.74) is 0.489. The highest BCUT2D eigenvalue weighted by Crippen LogP contribution is 2.35. The first-order valence-corrected chi connectivity index (χ1v) is 5.27. The summed E-state index contributed by atoms with van der Waals surface area (Å²) in [6.07, 6.45) is 0. The van der Waals surface area contributed by atoms with Gasteiger partial charge in [-0.25, -0.2) is 0 Å². The number of nitrogens with zero attached hydrogens (tertiary/aromatic N) is 1. The van der Waals surface area contributed by atoms with Gasteiger partial charge >= 0.3 is 5.97 Å². The van der Waals surface area contributed by atoms with Gasteiger partial charge in [0.05, 0.1) is 10.7 Å². The lowest BCUT2D eigenvalue weighted by Crippen LogP contribution is -1.98. The Hall–Kier alpha value is -1.56. The van der Waals surface area contributed by atoms with Gasteiger partial charge in [-0.3, -0.25) is 14.9 Å². The minimum atomic E-state index is -0.461. The van der Waals surface area contributed by atoms with E-state index in [1.54, 1.807) is 12.1 Å². The molecule has 1 aliphatic rings. The fraction of sp³-hybridized carbons (Fsp3) is 0.222. The highest BCUT2D eigenvalue weighted by atomic mass is 32.2. The van der Waals surface area contributed by atoms with Gasteiger partial charge in [0.15, 0.2) is 5.44 Å². The summed E-state index contributed by atoms with van der Waals surface area (Å²) in [5, 5.41) is 10.4. The number of esters is 1. The van der Waals surface area contributed by atoms with Crippen molar-refractivity contribution < 1.29 is 14.5 Å². The van der Waals surface area contributed by atoms with Crippen LogP contribution in [0.2, 0.25) is 0 Å². The van der Waals surface area contributed by atoms with Crippen molar-refractivity contribution in [1.29, 1.82) is 0 Å². The van der Waals surface area contributed by atoms with E-state index in [4.69, 9.17) is 4.74 Å². The summed E-state index contributed by atoms with van der Waals surface area (Å²) in [7, 11) is 0. The van der Waals surface area contributed by atoms with Crippen molar-refractivity contribution in [2.24, 2.45) is 0 Å². The van der Waals surface area contributed by atoms with Crippen molar-refractivity contribution in [3.63, 3.8) is 0 Å². The molecule has 0 spiro atoms. The molecule has 1 aliphatic heterocycles. The number of nitro groups is 1. The monoisotopic (exact) mass is 225 g/mol. The smallest absolute Gasteiger partial charge is 0.317 e. The van der Waals surface area contributed by atoms with Gasteiger partial charge < -0.3 is 4.74 Å². The van der Waals surface area contributed by atoms with Gasteiger partial charge in [-0.2, -0.15) is 0 Å². The molecule has 2 rings (SSSR count). The molecule has 0 aromatic heterocycles. The summed E-state index contributed by atoms with van der Waals surface area (Å²) < 4.78 is 5.00.